The summed E-state index contributed by atoms with van der Waals surface area (Å²) in [5.41, 5.74) is 4.32. The maximum atomic E-state index is 12.4. The Morgan fingerprint density at radius 3 is 2.42 bits per heavy atom. The van der Waals surface area contributed by atoms with Gasteiger partial charge in [0, 0.05) is 47.3 Å². The molecule has 4 aromatic rings. The molecule has 0 bridgehead atoms. The molecule has 8 nitrogen and oxygen atoms in total. The van der Waals surface area contributed by atoms with Crippen molar-refractivity contribution in [3.8, 4) is 0 Å². The molecular weight excluding hydrogens is 392 g/mol. The zero-order chi connectivity index (χ0) is 21.8. The summed E-state index contributed by atoms with van der Waals surface area (Å²) >= 11 is 0. The quantitative estimate of drug-likeness (QED) is 0.399. The molecule has 0 saturated heterocycles. The van der Waals surface area contributed by atoms with Crippen molar-refractivity contribution in [1.82, 2.24) is 25.3 Å². The van der Waals surface area contributed by atoms with E-state index in [0.717, 1.165) is 17.6 Å². The zero-order valence-electron chi connectivity index (χ0n) is 17.3. The van der Waals surface area contributed by atoms with Gasteiger partial charge >= 0.3 is 0 Å². The lowest BCUT2D eigenvalue weighted by molar-refractivity contribution is 0.0952. The molecule has 0 aliphatic carbocycles. The number of anilines is 2. The van der Waals surface area contributed by atoms with E-state index in [9.17, 15) is 9.59 Å². The molecule has 1 amide bonds. The van der Waals surface area contributed by atoms with Crippen molar-refractivity contribution in [1.29, 1.82) is 0 Å². The van der Waals surface area contributed by atoms with Gasteiger partial charge in [0.05, 0.1) is 5.56 Å². The second kappa shape index (κ2) is 8.74. The number of rotatable bonds is 7. The normalized spacial score (nSPS) is 10.8. The lowest BCUT2D eigenvalue weighted by Gasteiger charge is -2.07. The van der Waals surface area contributed by atoms with E-state index in [-0.39, 0.29) is 11.7 Å². The first-order valence-corrected chi connectivity index (χ1v) is 9.91. The van der Waals surface area contributed by atoms with Gasteiger partial charge in [-0.3, -0.25) is 9.59 Å². The molecule has 1 aromatic carbocycles. The summed E-state index contributed by atoms with van der Waals surface area (Å²) in [6.45, 7) is 4.03. The molecule has 4 rings (SSSR count). The number of hydrogen-bond acceptors (Lipinski definition) is 6. The predicted octanol–water partition coefficient (Wildman–Crippen LogP) is 3.58. The second-order valence-electron chi connectivity index (χ2n) is 7.19. The first kappa shape index (κ1) is 20.2. The third-order valence-electron chi connectivity index (χ3n) is 5.01. The van der Waals surface area contributed by atoms with Crippen LogP contribution in [0.1, 0.15) is 38.9 Å². The van der Waals surface area contributed by atoms with E-state index in [1.165, 1.54) is 36.5 Å². The number of ketones is 1. The number of aromatic amines is 1. The molecule has 0 aliphatic rings. The van der Waals surface area contributed by atoms with Gasteiger partial charge in [0.2, 0.25) is 5.95 Å². The van der Waals surface area contributed by atoms with Gasteiger partial charge in [-0.05, 0) is 44.0 Å². The van der Waals surface area contributed by atoms with Gasteiger partial charge in [0.1, 0.15) is 5.82 Å². The van der Waals surface area contributed by atoms with Crippen LogP contribution >= 0.6 is 0 Å². The van der Waals surface area contributed by atoms with Gasteiger partial charge in [-0.1, -0.05) is 18.2 Å². The van der Waals surface area contributed by atoms with Crippen molar-refractivity contribution >= 4 is 34.4 Å². The topological polar surface area (TPSA) is 113 Å². The minimum atomic E-state index is -0.229. The van der Waals surface area contributed by atoms with Crippen molar-refractivity contribution in [3.05, 3.63) is 77.4 Å². The van der Waals surface area contributed by atoms with Crippen LogP contribution in [-0.4, -0.2) is 38.2 Å². The largest absolute Gasteiger partial charge is 0.358 e. The number of fused-ring (bicyclic) bond motifs is 1. The first-order chi connectivity index (χ1) is 15.0. The average Bonchev–Trinajstić information content (AvgIpc) is 3.10. The molecule has 156 valence electrons. The third-order valence-corrected chi connectivity index (χ3v) is 5.01. The van der Waals surface area contributed by atoms with Crippen molar-refractivity contribution in [2.24, 2.45) is 0 Å². The van der Waals surface area contributed by atoms with Crippen LogP contribution in [-0.2, 0) is 6.42 Å². The fourth-order valence-electron chi connectivity index (χ4n) is 3.36. The molecule has 31 heavy (non-hydrogen) atoms. The Hall–Kier alpha value is -4.07. The van der Waals surface area contributed by atoms with Gasteiger partial charge in [0.25, 0.3) is 5.91 Å². The molecule has 0 radical (unpaired) electrons. The zero-order valence-corrected chi connectivity index (χ0v) is 17.3. The Balaban J connectivity index is 1.34. The Bertz CT molecular complexity index is 1230. The average molecular weight is 414 g/mol. The Labute approximate surface area is 179 Å². The summed E-state index contributed by atoms with van der Waals surface area (Å²) in [6, 6.07) is 11.5. The number of carbonyl (C=O) groups excluding carboxylic acids is 2. The Morgan fingerprint density at radius 1 is 0.968 bits per heavy atom. The number of nitrogens with zero attached hydrogens (tertiary/aromatic N) is 3. The van der Waals surface area contributed by atoms with E-state index in [1.807, 2.05) is 25.1 Å². The highest BCUT2D eigenvalue weighted by molar-refractivity contribution is 5.94. The summed E-state index contributed by atoms with van der Waals surface area (Å²) in [4.78, 5) is 39.6. The van der Waals surface area contributed by atoms with Crippen molar-refractivity contribution in [3.63, 3.8) is 0 Å². The number of nitrogens with one attached hydrogen (secondary N) is 3. The standard InChI is InChI=1S/C23H22N6O2/c1-14-18(19-5-3-4-6-20(19)28-14)9-10-24-22(31)17-12-26-23(27-13-17)29-21-8-7-16(11-25-21)15(2)30/h3-8,11-13,28H,9-10H2,1-2H3,(H,24,31)(H,25,26,27,29). The van der Waals surface area contributed by atoms with Gasteiger partial charge < -0.3 is 15.6 Å². The molecular formula is C23H22N6O2. The third kappa shape index (κ3) is 4.58. The van der Waals surface area contributed by atoms with Crippen LogP contribution in [0.5, 0.6) is 0 Å². The fourth-order valence-corrected chi connectivity index (χ4v) is 3.36. The van der Waals surface area contributed by atoms with Gasteiger partial charge in [-0.15, -0.1) is 0 Å². The Kier molecular flexibility index (Phi) is 5.70. The lowest BCUT2D eigenvalue weighted by Crippen LogP contribution is -2.26. The smallest absolute Gasteiger partial charge is 0.254 e. The number of amides is 1. The van der Waals surface area contributed by atoms with Crippen LogP contribution in [0.3, 0.4) is 0 Å². The molecule has 0 aliphatic heterocycles. The highest BCUT2D eigenvalue weighted by atomic mass is 16.1. The maximum absolute atomic E-state index is 12.4. The highest BCUT2D eigenvalue weighted by Crippen LogP contribution is 2.22. The van der Waals surface area contributed by atoms with Crippen molar-refractivity contribution in [2.45, 2.75) is 20.3 Å². The van der Waals surface area contributed by atoms with Crippen molar-refractivity contribution in [2.75, 3.05) is 11.9 Å². The van der Waals surface area contributed by atoms with Crippen LogP contribution in [0, 0.1) is 6.92 Å². The molecule has 0 fully saturated rings. The monoisotopic (exact) mass is 414 g/mol. The molecule has 3 aromatic heterocycles. The van der Waals surface area contributed by atoms with E-state index in [4.69, 9.17) is 0 Å². The number of aromatic nitrogens is 4. The molecule has 3 N–H and O–H groups in total. The summed E-state index contributed by atoms with van der Waals surface area (Å²) in [7, 11) is 0. The minimum Gasteiger partial charge on any atom is -0.358 e. The lowest BCUT2D eigenvalue weighted by atomic mass is 10.1. The molecule has 8 heteroatoms. The molecule has 0 saturated carbocycles. The second-order valence-corrected chi connectivity index (χ2v) is 7.19. The van der Waals surface area contributed by atoms with E-state index in [1.54, 1.807) is 12.1 Å². The van der Waals surface area contributed by atoms with Gasteiger partial charge in [-0.25, -0.2) is 15.0 Å². The number of H-pyrrole nitrogens is 1. The fraction of sp³-hybridized carbons (Fsp3) is 0.174. The van der Waals surface area contributed by atoms with Crippen LogP contribution in [0.2, 0.25) is 0 Å². The van der Waals surface area contributed by atoms with E-state index >= 15 is 0 Å². The highest BCUT2D eigenvalue weighted by Gasteiger charge is 2.10. The summed E-state index contributed by atoms with van der Waals surface area (Å²) in [5, 5.41) is 7.04. The first-order valence-electron chi connectivity index (χ1n) is 9.91. The summed E-state index contributed by atoms with van der Waals surface area (Å²) in [6.07, 6.45) is 5.14. The molecule has 0 unspecified atom stereocenters. The number of aryl methyl sites for hydroxylation is 1. The van der Waals surface area contributed by atoms with Crippen LogP contribution in [0.25, 0.3) is 10.9 Å². The number of carbonyl (C=O) groups is 2. The van der Waals surface area contributed by atoms with E-state index in [2.05, 4.69) is 36.6 Å². The van der Waals surface area contributed by atoms with Crippen LogP contribution in [0.15, 0.2) is 55.0 Å². The minimum absolute atomic E-state index is 0.0504. The van der Waals surface area contributed by atoms with E-state index < -0.39 is 0 Å². The van der Waals surface area contributed by atoms with E-state index in [0.29, 0.717) is 29.4 Å². The number of hydrogen-bond donors (Lipinski definition) is 3. The number of benzene rings is 1. The molecule has 0 spiro atoms. The molecule has 3 heterocycles. The SMILES string of the molecule is CC(=O)c1ccc(Nc2ncc(C(=O)NCCc3c(C)[nH]c4ccccc34)cn2)nc1. The molecule has 0 atom stereocenters. The van der Waals surface area contributed by atoms with Crippen LogP contribution in [0.4, 0.5) is 11.8 Å². The maximum Gasteiger partial charge on any atom is 0.254 e. The number of Topliss-reactive ketones (excluding diaryl/α,β-unsaturated/α-hetero) is 1. The summed E-state index contributed by atoms with van der Waals surface area (Å²) in [5.74, 6) is 0.545. The number of para-hydroxylation sites is 1. The van der Waals surface area contributed by atoms with Crippen LogP contribution < -0.4 is 10.6 Å². The van der Waals surface area contributed by atoms with Gasteiger partial charge in [0.15, 0.2) is 5.78 Å². The summed E-state index contributed by atoms with van der Waals surface area (Å²) < 4.78 is 0. The predicted molar refractivity (Wildman–Crippen MR) is 119 cm³/mol. The number of pyridine rings is 1. The Morgan fingerprint density at radius 2 is 1.71 bits per heavy atom. The van der Waals surface area contributed by atoms with Gasteiger partial charge in [-0.2, -0.15) is 0 Å². The van der Waals surface area contributed by atoms with Crippen molar-refractivity contribution < 1.29 is 9.59 Å².